The minimum Gasteiger partial charge on any atom is -0.289 e. The van der Waals surface area contributed by atoms with E-state index >= 15 is 0 Å². The van der Waals surface area contributed by atoms with Crippen LogP contribution in [0.3, 0.4) is 0 Å². The highest BCUT2D eigenvalue weighted by atomic mass is 16.1. The zero-order chi connectivity index (χ0) is 24.3. The van der Waals surface area contributed by atoms with Crippen molar-refractivity contribution in [2.75, 3.05) is 0 Å². The second kappa shape index (κ2) is 9.48. The summed E-state index contributed by atoms with van der Waals surface area (Å²) >= 11 is 0. The van der Waals surface area contributed by atoms with Crippen LogP contribution in [-0.2, 0) is 0 Å². The van der Waals surface area contributed by atoms with Gasteiger partial charge in [-0.1, -0.05) is 127 Å². The first-order valence-electron chi connectivity index (χ1n) is 12.2. The van der Waals surface area contributed by atoms with Gasteiger partial charge in [-0.15, -0.1) is 0 Å². The van der Waals surface area contributed by atoms with E-state index in [0.717, 1.165) is 33.2 Å². The third-order valence-electron chi connectivity index (χ3n) is 6.69. The van der Waals surface area contributed by atoms with Crippen LogP contribution in [0.1, 0.15) is 15.9 Å². The lowest BCUT2D eigenvalue weighted by atomic mass is 9.94. The Bertz CT molecular complexity index is 1760. The Kier molecular flexibility index (Phi) is 5.73. The minimum atomic E-state index is -0.00734. The zero-order valence-corrected chi connectivity index (χ0v) is 19.8. The molecule has 0 aliphatic heterocycles. The molecule has 6 rings (SSSR count). The maximum absolute atomic E-state index is 13.4. The minimum absolute atomic E-state index is 0.00734. The summed E-state index contributed by atoms with van der Waals surface area (Å²) in [4.78, 5) is 13.4. The van der Waals surface area contributed by atoms with Crippen molar-refractivity contribution in [1.29, 1.82) is 0 Å². The van der Waals surface area contributed by atoms with Gasteiger partial charge in [0.25, 0.3) is 0 Å². The molecule has 0 radical (unpaired) electrons. The van der Waals surface area contributed by atoms with Gasteiger partial charge in [-0.05, 0) is 67.6 Å². The van der Waals surface area contributed by atoms with Crippen molar-refractivity contribution in [3.63, 3.8) is 0 Å². The van der Waals surface area contributed by atoms with Crippen LogP contribution in [0.2, 0.25) is 0 Å². The Morgan fingerprint density at radius 1 is 0.472 bits per heavy atom. The molecule has 0 amide bonds. The smallest absolute Gasteiger partial charge is 0.186 e. The number of fused-ring (bicyclic) bond motifs is 2. The summed E-state index contributed by atoms with van der Waals surface area (Å²) in [5.41, 5.74) is 5.95. The van der Waals surface area contributed by atoms with E-state index in [1.165, 1.54) is 16.2 Å². The van der Waals surface area contributed by atoms with Gasteiger partial charge in [0, 0.05) is 5.56 Å². The van der Waals surface area contributed by atoms with Gasteiger partial charge >= 0.3 is 0 Å². The number of benzene rings is 6. The summed E-state index contributed by atoms with van der Waals surface area (Å²) < 4.78 is 0. The fraction of sp³-hybridized carbons (Fsp3) is 0. The first-order valence-corrected chi connectivity index (χ1v) is 12.2. The SMILES string of the molecule is O=C(/C=C/c1ccccc1-c1ccc2ccccc2c1)c1ccccc1-c1ccc2ccccc2c1. The Balaban J connectivity index is 1.35. The molecule has 0 aliphatic rings. The van der Waals surface area contributed by atoms with Crippen molar-refractivity contribution in [3.05, 3.63) is 151 Å². The van der Waals surface area contributed by atoms with Gasteiger partial charge in [0.15, 0.2) is 5.78 Å². The molecule has 0 fully saturated rings. The van der Waals surface area contributed by atoms with Crippen LogP contribution in [0.25, 0.3) is 49.9 Å². The van der Waals surface area contributed by atoms with E-state index in [9.17, 15) is 4.79 Å². The largest absolute Gasteiger partial charge is 0.289 e. The van der Waals surface area contributed by atoms with Crippen LogP contribution in [0.5, 0.6) is 0 Å². The van der Waals surface area contributed by atoms with Crippen LogP contribution >= 0.6 is 0 Å². The van der Waals surface area contributed by atoms with Crippen molar-refractivity contribution >= 4 is 33.4 Å². The average molecular weight is 461 g/mol. The molecule has 0 spiro atoms. The third-order valence-corrected chi connectivity index (χ3v) is 6.69. The fourth-order valence-corrected chi connectivity index (χ4v) is 4.82. The van der Waals surface area contributed by atoms with Crippen LogP contribution in [0.15, 0.2) is 140 Å². The van der Waals surface area contributed by atoms with E-state index in [0.29, 0.717) is 5.56 Å². The average Bonchev–Trinajstić information content (AvgIpc) is 2.95. The molecule has 0 N–H and O–H groups in total. The standard InChI is InChI=1S/C35H24O/c36-35(34-16-8-7-15-33(34)31-20-18-26-10-2-4-13-29(26)24-31)22-21-27-11-5-6-14-32(27)30-19-17-25-9-1-3-12-28(25)23-30/h1-24H/b22-21+. The lowest BCUT2D eigenvalue weighted by Crippen LogP contribution is -1.98. The molecule has 0 aromatic heterocycles. The van der Waals surface area contributed by atoms with Crippen molar-refractivity contribution in [2.24, 2.45) is 0 Å². The van der Waals surface area contributed by atoms with Gasteiger partial charge in [0.2, 0.25) is 0 Å². The van der Waals surface area contributed by atoms with E-state index in [4.69, 9.17) is 0 Å². The fourth-order valence-electron chi connectivity index (χ4n) is 4.82. The number of ketones is 1. The van der Waals surface area contributed by atoms with Crippen molar-refractivity contribution in [1.82, 2.24) is 0 Å². The van der Waals surface area contributed by atoms with Crippen LogP contribution < -0.4 is 0 Å². The second-order valence-electron chi connectivity index (χ2n) is 8.95. The molecule has 0 saturated heterocycles. The number of allylic oxidation sites excluding steroid dienone is 1. The Labute approximate surface area is 211 Å². The normalized spacial score (nSPS) is 11.3. The highest BCUT2D eigenvalue weighted by Crippen LogP contribution is 2.30. The predicted octanol–water partition coefficient (Wildman–Crippen LogP) is 9.22. The van der Waals surface area contributed by atoms with E-state index in [1.54, 1.807) is 6.08 Å². The summed E-state index contributed by atoms with van der Waals surface area (Å²) in [6.45, 7) is 0. The van der Waals surface area contributed by atoms with E-state index in [-0.39, 0.29) is 5.78 Å². The Morgan fingerprint density at radius 3 is 1.64 bits per heavy atom. The first-order chi connectivity index (χ1) is 17.8. The Hall–Kier alpha value is -4.75. The maximum Gasteiger partial charge on any atom is 0.186 e. The molecule has 0 saturated carbocycles. The summed E-state index contributed by atoms with van der Waals surface area (Å²) in [7, 11) is 0. The van der Waals surface area contributed by atoms with Crippen LogP contribution in [0, 0.1) is 0 Å². The molecule has 0 aliphatic carbocycles. The molecular formula is C35H24O. The molecule has 0 atom stereocenters. The van der Waals surface area contributed by atoms with E-state index in [2.05, 4.69) is 84.9 Å². The summed E-state index contributed by atoms with van der Waals surface area (Å²) in [6, 6.07) is 45.6. The predicted molar refractivity (Wildman–Crippen MR) is 152 cm³/mol. The summed E-state index contributed by atoms with van der Waals surface area (Å²) in [5.74, 6) is -0.00734. The maximum atomic E-state index is 13.4. The first kappa shape index (κ1) is 21.8. The van der Waals surface area contributed by atoms with Gasteiger partial charge in [-0.25, -0.2) is 0 Å². The van der Waals surface area contributed by atoms with Crippen LogP contribution in [-0.4, -0.2) is 5.78 Å². The molecular weight excluding hydrogens is 436 g/mol. The van der Waals surface area contributed by atoms with Gasteiger partial charge in [-0.3, -0.25) is 4.79 Å². The van der Waals surface area contributed by atoms with Crippen LogP contribution in [0.4, 0.5) is 0 Å². The molecule has 6 aromatic carbocycles. The monoisotopic (exact) mass is 460 g/mol. The van der Waals surface area contributed by atoms with Crippen molar-refractivity contribution in [2.45, 2.75) is 0 Å². The van der Waals surface area contributed by atoms with E-state index in [1.807, 2.05) is 54.6 Å². The number of hydrogen-bond donors (Lipinski definition) is 0. The summed E-state index contributed by atoms with van der Waals surface area (Å²) in [5, 5.41) is 4.77. The molecule has 6 aromatic rings. The number of rotatable bonds is 5. The third kappa shape index (κ3) is 4.23. The number of hydrogen-bond acceptors (Lipinski definition) is 1. The molecule has 36 heavy (non-hydrogen) atoms. The summed E-state index contributed by atoms with van der Waals surface area (Å²) in [6.07, 6.45) is 3.63. The van der Waals surface area contributed by atoms with Gasteiger partial charge < -0.3 is 0 Å². The van der Waals surface area contributed by atoms with E-state index < -0.39 is 0 Å². The lowest BCUT2D eigenvalue weighted by Gasteiger charge is -2.10. The van der Waals surface area contributed by atoms with Crippen molar-refractivity contribution < 1.29 is 4.79 Å². The molecule has 1 nitrogen and oxygen atoms in total. The second-order valence-corrected chi connectivity index (χ2v) is 8.95. The molecule has 0 bridgehead atoms. The quantitative estimate of drug-likeness (QED) is 0.185. The molecule has 0 unspecified atom stereocenters. The van der Waals surface area contributed by atoms with Crippen molar-refractivity contribution in [3.8, 4) is 22.3 Å². The molecule has 170 valence electrons. The highest BCUT2D eigenvalue weighted by Gasteiger charge is 2.11. The molecule has 1 heteroatoms. The Morgan fingerprint density at radius 2 is 0.972 bits per heavy atom. The zero-order valence-electron chi connectivity index (χ0n) is 19.8. The number of carbonyl (C=O) groups is 1. The number of carbonyl (C=O) groups excluding carboxylic acids is 1. The van der Waals surface area contributed by atoms with Gasteiger partial charge in [-0.2, -0.15) is 0 Å². The lowest BCUT2D eigenvalue weighted by molar-refractivity contribution is 0.104. The highest BCUT2D eigenvalue weighted by molar-refractivity contribution is 6.11. The van der Waals surface area contributed by atoms with Gasteiger partial charge in [0.05, 0.1) is 0 Å². The van der Waals surface area contributed by atoms with Gasteiger partial charge in [0.1, 0.15) is 0 Å². The molecule has 0 heterocycles. The topological polar surface area (TPSA) is 17.1 Å².